The molecular weight excluding hydrogens is 552 g/mol. The van der Waals surface area contributed by atoms with Crippen molar-refractivity contribution in [3.8, 4) is 11.8 Å². The van der Waals surface area contributed by atoms with Crippen molar-refractivity contribution >= 4 is 45.2 Å². The fourth-order valence-electron chi connectivity index (χ4n) is 3.40. The summed E-state index contributed by atoms with van der Waals surface area (Å²) in [4.78, 5) is 16.6. The van der Waals surface area contributed by atoms with Gasteiger partial charge in [-0.25, -0.2) is 18.1 Å². The number of halogens is 2. The minimum Gasteiger partial charge on any atom is -1.00 e. The molecule has 1 heterocycles. The summed E-state index contributed by atoms with van der Waals surface area (Å²) in [6, 6.07) is 15.3. The largest absolute Gasteiger partial charge is 1.00 e. The molecule has 3 aromatic rings. The van der Waals surface area contributed by atoms with Gasteiger partial charge < -0.3 is 5.99 Å². The number of hydrogen-bond acceptors (Lipinski definition) is 4. The Labute approximate surface area is 258 Å². The molecule has 0 aliphatic carbocycles. The fraction of sp³-hybridized carbons (Fsp3) is 0.214. The van der Waals surface area contributed by atoms with E-state index in [4.69, 9.17) is 23.2 Å². The van der Waals surface area contributed by atoms with E-state index in [1.54, 1.807) is 6.07 Å². The van der Waals surface area contributed by atoms with Crippen LogP contribution in [0.4, 0.5) is 0 Å². The van der Waals surface area contributed by atoms with Crippen molar-refractivity contribution in [3.63, 3.8) is 0 Å². The summed E-state index contributed by atoms with van der Waals surface area (Å²) < 4.78 is 27.9. The Morgan fingerprint density at radius 3 is 2.47 bits per heavy atom. The number of carbonyl (C=O) groups is 1. The minimum absolute atomic E-state index is 0. The molecule has 0 bridgehead atoms. The van der Waals surface area contributed by atoms with Gasteiger partial charge in [-0.05, 0) is 42.3 Å². The van der Waals surface area contributed by atoms with Gasteiger partial charge in [0.15, 0.2) is 5.15 Å². The van der Waals surface area contributed by atoms with E-state index in [1.165, 1.54) is 12.2 Å². The molecule has 194 valence electrons. The van der Waals surface area contributed by atoms with Gasteiger partial charge in [0, 0.05) is 34.1 Å². The molecule has 1 N–H and O–H groups in total. The van der Waals surface area contributed by atoms with Gasteiger partial charge in [-0.15, -0.1) is 0 Å². The van der Waals surface area contributed by atoms with Crippen molar-refractivity contribution in [3.05, 3.63) is 104 Å². The molecule has 1 amide bonds. The molecule has 0 fully saturated rings. The monoisotopic (exact) mass is 579 g/mol. The third kappa shape index (κ3) is 9.46. The summed E-state index contributed by atoms with van der Waals surface area (Å²) >= 11 is 12.9. The first-order valence-corrected chi connectivity index (χ1v) is 14.0. The Morgan fingerprint density at radius 2 is 1.82 bits per heavy atom. The number of sulfonamides is 1. The molecule has 0 aliphatic rings. The summed E-state index contributed by atoms with van der Waals surface area (Å²) in [5, 5.41) is 1.72. The molecule has 0 aliphatic heterocycles. The molecule has 0 atom stereocenters. The van der Waals surface area contributed by atoms with Crippen molar-refractivity contribution < 1.29 is 44.2 Å². The number of hydrogen-bond donors (Lipinski definition) is 1. The third-order valence-corrected chi connectivity index (χ3v) is 6.90. The maximum Gasteiger partial charge on any atom is 1.00 e. The zero-order chi connectivity index (χ0) is 26.8. The molecule has 0 saturated heterocycles. The van der Waals surface area contributed by atoms with E-state index in [-0.39, 0.29) is 36.1 Å². The second-order valence-corrected chi connectivity index (χ2v) is 10.4. The van der Waals surface area contributed by atoms with Gasteiger partial charge in [0.25, 0.3) is 15.9 Å². The molecule has 1 aromatic heterocycles. The van der Waals surface area contributed by atoms with E-state index in [9.17, 15) is 13.2 Å². The zero-order valence-electron chi connectivity index (χ0n) is 22.5. The zero-order valence-corrected chi connectivity index (χ0v) is 25.9. The van der Waals surface area contributed by atoms with Gasteiger partial charge in [-0.3, -0.25) is 4.79 Å². The van der Waals surface area contributed by atoms with Crippen LogP contribution in [0.2, 0.25) is 10.2 Å². The van der Waals surface area contributed by atoms with Gasteiger partial charge in [0.1, 0.15) is 5.82 Å². The standard InChI is InChI=1S/C28H27Cl2N3O3S.Na.H/c1-3-5-9-18-37(35,36)32-27(34)17-16-25-28(30)31-26(4-2)33(25)20-23-15-14-22(19-24(23)29)13-12-21-10-7-6-8-11-21;;/h6-11,14-19H,3-5,20H2,1-2H3,(H,32,34);;/q;+1;-1. The molecule has 10 heteroatoms. The van der Waals surface area contributed by atoms with Crippen molar-refractivity contribution in [1.29, 1.82) is 0 Å². The maximum absolute atomic E-state index is 12.3. The molecule has 0 unspecified atom stereocenters. The van der Waals surface area contributed by atoms with Crippen LogP contribution in [-0.2, 0) is 27.8 Å². The summed E-state index contributed by atoms with van der Waals surface area (Å²) in [6.07, 6.45) is 6.06. The normalized spacial score (nSPS) is 11.3. The van der Waals surface area contributed by atoms with Gasteiger partial charge in [-0.1, -0.05) is 85.7 Å². The predicted molar refractivity (Wildman–Crippen MR) is 151 cm³/mol. The van der Waals surface area contributed by atoms with Crippen LogP contribution in [0, 0.1) is 11.8 Å². The molecule has 0 saturated carbocycles. The number of nitrogens with zero attached hydrogens (tertiary/aromatic N) is 2. The summed E-state index contributed by atoms with van der Waals surface area (Å²) in [7, 11) is -3.87. The van der Waals surface area contributed by atoms with Crippen molar-refractivity contribution in [1.82, 2.24) is 14.3 Å². The Hall–Kier alpha value is -2.31. The smallest absolute Gasteiger partial charge is 1.00 e. The first-order chi connectivity index (χ1) is 17.7. The van der Waals surface area contributed by atoms with E-state index >= 15 is 0 Å². The number of unbranched alkanes of at least 4 members (excludes halogenated alkanes) is 1. The summed E-state index contributed by atoms with van der Waals surface area (Å²) in [6.45, 7) is 4.22. The van der Waals surface area contributed by atoms with Gasteiger partial charge in [-0.2, -0.15) is 0 Å². The number of carbonyl (C=O) groups excluding carboxylic acids is 1. The van der Waals surface area contributed by atoms with E-state index in [0.717, 1.165) is 34.6 Å². The average Bonchev–Trinajstić information content (AvgIpc) is 3.17. The summed E-state index contributed by atoms with van der Waals surface area (Å²) in [5.74, 6) is 6.13. The van der Waals surface area contributed by atoms with Crippen molar-refractivity contribution in [2.45, 2.75) is 39.7 Å². The Kier molecular flexibility index (Phi) is 12.9. The van der Waals surface area contributed by atoms with Crippen molar-refractivity contribution in [2.75, 3.05) is 0 Å². The van der Waals surface area contributed by atoms with Crippen LogP contribution < -0.4 is 34.3 Å². The first-order valence-electron chi connectivity index (χ1n) is 11.7. The van der Waals surface area contributed by atoms with Crippen LogP contribution in [0.15, 0.2) is 66.1 Å². The van der Waals surface area contributed by atoms with Crippen LogP contribution in [-0.4, -0.2) is 23.9 Å². The van der Waals surface area contributed by atoms with Crippen LogP contribution in [0.3, 0.4) is 0 Å². The topological polar surface area (TPSA) is 81.1 Å². The molecule has 2 aromatic carbocycles. The minimum atomic E-state index is -3.87. The second-order valence-electron chi connectivity index (χ2n) is 8.07. The summed E-state index contributed by atoms with van der Waals surface area (Å²) in [5.41, 5.74) is 2.98. The Bertz CT molecular complexity index is 1500. The van der Waals surface area contributed by atoms with Gasteiger partial charge in [0.05, 0.1) is 12.2 Å². The van der Waals surface area contributed by atoms with E-state index in [2.05, 4.69) is 16.8 Å². The number of benzene rings is 2. The SMILES string of the molecule is CCCC=CS(=O)(=O)NC(=O)C=Cc1c(Cl)nc(CC)n1Cc1ccc(C#Cc2ccccc2)cc1Cl.[H-].[Na+]. The predicted octanol–water partition coefficient (Wildman–Crippen LogP) is 3.09. The molecule has 38 heavy (non-hydrogen) atoms. The number of nitrogens with one attached hydrogen (secondary N) is 1. The van der Waals surface area contributed by atoms with E-state index in [0.29, 0.717) is 35.9 Å². The number of aromatic nitrogens is 2. The first kappa shape index (κ1) is 31.9. The second kappa shape index (κ2) is 15.3. The number of rotatable bonds is 9. The van der Waals surface area contributed by atoms with Crippen LogP contribution in [0.1, 0.15) is 56.3 Å². The Balaban J connectivity index is 0.00000380. The average molecular weight is 581 g/mol. The van der Waals surface area contributed by atoms with Gasteiger partial charge >= 0.3 is 29.6 Å². The maximum atomic E-state index is 12.3. The molecule has 0 spiro atoms. The van der Waals surface area contributed by atoms with E-state index < -0.39 is 15.9 Å². The third-order valence-electron chi connectivity index (χ3n) is 5.23. The van der Waals surface area contributed by atoms with E-state index in [1.807, 2.05) is 65.6 Å². The number of aryl methyl sites for hydroxylation is 1. The van der Waals surface area contributed by atoms with Gasteiger partial charge in [0.2, 0.25) is 0 Å². The number of allylic oxidation sites excluding steroid dienone is 1. The van der Waals surface area contributed by atoms with Crippen LogP contribution in [0.25, 0.3) is 6.08 Å². The van der Waals surface area contributed by atoms with Crippen molar-refractivity contribution in [2.24, 2.45) is 0 Å². The Morgan fingerprint density at radius 1 is 1.11 bits per heavy atom. The molecule has 6 nitrogen and oxygen atoms in total. The number of amides is 1. The molecular formula is C28H28Cl2N3NaO3S. The van der Waals surface area contributed by atoms with Crippen LogP contribution >= 0.6 is 23.2 Å². The quantitative estimate of drug-likeness (QED) is 0.240. The fourth-order valence-corrected chi connectivity index (χ4v) is 4.71. The molecule has 0 radical (unpaired) electrons. The molecule has 3 rings (SSSR count). The number of imidazole rings is 1. The van der Waals surface area contributed by atoms with Crippen LogP contribution in [0.5, 0.6) is 0 Å².